The second kappa shape index (κ2) is 10.2. The van der Waals surface area contributed by atoms with Gasteiger partial charge in [0, 0.05) is 38.4 Å². The summed E-state index contributed by atoms with van der Waals surface area (Å²) in [5.74, 6) is -0.308. The molecule has 7 heteroatoms. The number of piperazine rings is 1. The molecule has 2 rings (SSSR count). The van der Waals surface area contributed by atoms with Crippen molar-refractivity contribution in [3.05, 3.63) is 29.8 Å². The van der Waals surface area contributed by atoms with Crippen LogP contribution in [-0.2, 0) is 4.74 Å². The van der Waals surface area contributed by atoms with Gasteiger partial charge in [-0.15, -0.1) is 0 Å². The third kappa shape index (κ3) is 6.43. The van der Waals surface area contributed by atoms with Crippen molar-refractivity contribution in [1.29, 1.82) is 0 Å². The number of carbonyl (C=O) groups is 1. The molecule has 0 saturated carbocycles. The molecule has 0 spiro atoms. The van der Waals surface area contributed by atoms with Gasteiger partial charge in [0.1, 0.15) is 0 Å². The fraction of sp³-hybridized carbons (Fsp3) is 0.529. The Morgan fingerprint density at radius 1 is 1.29 bits per heavy atom. The van der Waals surface area contributed by atoms with Gasteiger partial charge >= 0.3 is 5.97 Å². The summed E-state index contributed by atoms with van der Waals surface area (Å²) in [6.45, 7) is 8.50. The molecule has 132 valence electrons. The maximum Gasteiger partial charge on any atom is 0.338 e. The van der Waals surface area contributed by atoms with Crippen molar-refractivity contribution in [1.82, 2.24) is 15.5 Å². The number of anilines is 1. The van der Waals surface area contributed by atoms with Gasteiger partial charge in [-0.1, -0.05) is 0 Å². The molecule has 1 heterocycles. The molecule has 24 heavy (non-hydrogen) atoms. The first kappa shape index (κ1) is 18.6. The number of esters is 1. The van der Waals surface area contributed by atoms with Crippen LogP contribution in [0.15, 0.2) is 24.3 Å². The number of hydrogen-bond donors (Lipinski definition) is 3. The van der Waals surface area contributed by atoms with Crippen LogP contribution in [0.2, 0.25) is 0 Å². The number of carbonyl (C=O) groups excluding carboxylic acids is 1. The summed E-state index contributed by atoms with van der Waals surface area (Å²) in [7, 11) is 0. The summed E-state index contributed by atoms with van der Waals surface area (Å²) in [4.78, 5) is 14.1. The SMILES string of the molecule is CCOC(=O)c1ccc(NC(=S)NCCCN2CCNCC2)cc1. The Morgan fingerprint density at radius 3 is 2.67 bits per heavy atom. The number of rotatable bonds is 7. The standard InChI is InChI=1S/C17H26N4O2S/c1-2-23-16(22)14-4-6-15(7-5-14)20-17(24)19-8-3-11-21-12-9-18-10-13-21/h4-7,18H,2-3,8-13H2,1H3,(H2,19,20,24). The Balaban J connectivity index is 1.65. The van der Waals surface area contributed by atoms with Crippen molar-refractivity contribution in [2.45, 2.75) is 13.3 Å². The highest BCUT2D eigenvalue weighted by atomic mass is 32.1. The summed E-state index contributed by atoms with van der Waals surface area (Å²) in [6.07, 6.45) is 1.06. The van der Waals surface area contributed by atoms with Crippen LogP contribution in [0.1, 0.15) is 23.7 Å². The average Bonchev–Trinajstić information content (AvgIpc) is 2.60. The molecule has 1 saturated heterocycles. The van der Waals surface area contributed by atoms with E-state index >= 15 is 0 Å². The Labute approximate surface area is 148 Å². The monoisotopic (exact) mass is 350 g/mol. The highest BCUT2D eigenvalue weighted by molar-refractivity contribution is 7.80. The average molecular weight is 350 g/mol. The quantitative estimate of drug-likeness (QED) is 0.391. The number of benzene rings is 1. The molecule has 0 atom stereocenters. The first-order valence-electron chi connectivity index (χ1n) is 8.44. The summed E-state index contributed by atoms with van der Waals surface area (Å²) in [6, 6.07) is 7.10. The molecule has 0 amide bonds. The molecule has 0 bridgehead atoms. The minimum absolute atomic E-state index is 0.308. The van der Waals surface area contributed by atoms with Gasteiger partial charge in [-0.25, -0.2) is 4.79 Å². The largest absolute Gasteiger partial charge is 0.462 e. The third-order valence-electron chi connectivity index (χ3n) is 3.80. The van der Waals surface area contributed by atoms with Crippen molar-refractivity contribution in [3.8, 4) is 0 Å². The van der Waals surface area contributed by atoms with Crippen LogP contribution in [0.3, 0.4) is 0 Å². The second-order valence-electron chi connectivity index (χ2n) is 5.62. The summed E-state index contributed by atoms with van der Waals surface area (Å²) in [5.41, 5.74) is 1.39. The molecule has 6 nitrogen and oxygen atoms in total. The Bertz CT molecular complexity index is 530. The molecule has 1 aliphatic rings. The van der Waals surface area contributed by atoms with Crippen LogP contribution < -0.4 is 16.0 Å². The van der Waals surface area contributed by atoms with Crippen molar-refractivity contribution in [2.24, 2.45) is 0 Å². The molecule has 0 radical (unpaired) electrons. The number of nitrogens with one attached hydrogen (secondary N) is 3. The predicted molar refractivity (Wildman–Crippen MR) is 101 cm³/mol. The lowest BCUT2D eigenvalue weighted by atomic mass is 10.2. The van der Waals surface area contributed by atoms with E-state index in [-0.39, 0.29) is 5.97 Å². The molecule has 3 N–H and O–H groups in total. The van der Waals surface area contributed by atoms with Gasteiger partial charge in [-0.2, -0.15) is 0 Å². The van der Waals surface area contributed by atoms with Gasteiger partial charge in [0.25, 0.3) is 0 Å². The Hall–Kier alpha value is -1.70. The molecule has 1 aromatic rings. The van der Waals surface area contributed by atoms with Gasteiger partial charge < -0.3 is 25.6 Å². The van der Waals surface area contributed by atoms with Crippen molar-refractivity contribution < 1.29 is 9.53 Å². The molecular weight excluding hydrogens is 324 g/mol. The van der Waals surface area contributed by atoms with Gasteiger partial charge in [0.05, 0.1) is 12.2 Å². The first-order chi connectivity index (χ1) is 11.7. The molecule has 0 unspecified atom stereocenters. The van der Waals surface area contributed by atoms with E-state index in [1.54, 1.807) is 19.1 Å². The van der Waals surface area contributed by atoms with Crippen molar-refractivity contribution >= 4 is 29.0 Å². The zero-order valence-corrected chi connectivity index (χ0v) is 15.0. The predicted octanol–water partition coefficient (Wildman–Crippen LogP) is 1.45. The maximum absolute atomic E-state index is 11.6. The summed E-state index contributed by atoms with van der Waals surface area (Å²) in [5, 5.41) is 10.3. The van der Waals surface area contributed by atoms with Crippen molar-refractivity contribution in [3.63, 3.8) is 0 Å². The number of hydrogen-bond acceptors (Lipinski definition) is 5. The maximum atomic E-state index is 11.6. The lowest BCUT2D eigenvalue weighted by Crippen LogP contribution is -2.44. The highest BCUT2D eigenvalue weighted by Gasteiger charge is 2.08. The minimum atomic E-state index is -0.308. The fourth-order valence-corrected chi connectivity index (χ4v) is 2.74. The van der Waals surface area contributed by atoms with E-state index in [2.05, 4.69) is 20.9 Å². The van der Waals surface area contributed by atoms with E-state index < -0.39 is 0 Å². The topological polar surface area (TPSA) is 65.6 Å². The van der Waals surface area contributed by atoms with Gasteiger partial charge in [0.2, 0.25) is 0 Å². The smallest absolute Gasteiger partial charge is 0.338 e. The van der Waals surface area contributed by atoms with Crippen molar-refractivity contribution in [2.75, 3.05) is 51.2 Å². The first-order valence-corrected chi connectivity index (χ1v) is 8.85. The van der Waals surface area contributed by atoms with E-state index in [4.69, 9.17) is 17.0 Å². The van der Waals surface area contributed by atoms with E-state index in [1.165, 1.54) is 0 Å². The summed E-state index contributed by atoms with van der Waals surface area (Å²) >= 11 is 5.29. The van der Waals surface area contributed by atoms with Crippen LogP contribution in [0.4, 0.5) is 5.69 Å². The number of thiocarbonyl (C=S) groups is 1. The third-order valence-corrected chi connectivity index (χ3v) is 4.05. The molecule has 1 aromatic carbocycles. The van der Waals surface area contributed by atoms with E-state index in [9.17, 15) is 4.79 Å². The van der Waals surface area contributed by atoms with Gasteiger partial charge in [-0.3, -0.25) is 0 Å². The normalized spacial score (nSPS) is 14.9. The lowest BCUT2D eigenvalue weighted by molar-refractivity contribution is 0.0526. The van der Waals surface area contributed by atoms with Gasteiger partial charge in [0.15, 0.2) is 5.11 Å². The summed E-state index contributed by atoms with van der Waals surface area (Å²) < 4.78 is 4.96. The minimum Gasteiger partial charge on any atom is -0.462 e. The second-order valence-corrected chi connectivity index (χ2v) is 6.03. The molecule has 0 aromatic heterocycles. The Morgan fingerprint density at radius 2 is 2.00 bits per heavy atom. The molecule has 1 fully saturated rings. The van der Waals surface area contributed by atoms with Crippen LogP contribution in [0.25, 0.3) is 0 Å². The highest BCUT2D eigenvalue weighted by Crippen LogP contribution is 2.10. The zero-order chi connectivity index (χ0) is 17.2. The molecule has 1 aliphatic heterocycles. The number of ether oxygens (including phenoxy) is 1. The van der Waals surface area contributed by atoms with E-state index in [0.29, 0.717) is 17.3 Å². The van der Waals surface area contributed by atoms with Crippen LogP contribution in [0.5, 0.6) is 0 Å². The van der Waals surface area contributed by atoms with Crippen LogP contribution in [-0.4, -0.2) is 61.9 Å². The van der Waals surface area contributed by atoms with Crippen LogP contribution in [0, 0.1) is 0 Å². The van der Waals surface area contributed by atoms with E-state index in [0.717, 1.165) is 51.4 Å². The fourth-order valence-electron chi connectivity index (χ4n) is 2.52. The van der Waals surface area contributed by atoms with E-state index in [1.807, 2.05) is 12.1 Å². The number of nitrogens with zero attached hydrogens (tertiary/aromatic N) is 1. The molecule has 0 aliphatic carbocycles. The Kier molecular flexibility index (Phi) is 7.94. The lowest BCUT2D eigenvalue weighted by Gasteiger charge is -2.27. The molecular formula is C17H26N4O2S. The van der Waals surface area contributed by atoms with Crippen LogP contribution >= 0.6 is 12.2 Å². The zero-order valence-electron chi connectivity index (χ0n) is 14.1. The van der Waals surface area contributed by atoms with Gasteiger partial charge in [-0.05, 0) is 56.4 Å².